The van der Waals surface area contributed by atoms with Gasteiger partial charge in [0.05, 0.1) is 25.1 Å². The molecule has 2 heterocycles. The smallest absolute Gasteiger partial charge is 0.326 e. The van der Waals surface area contributed by atoms with Crippen molar-refractivity contribution < 1.29 is 58.5 Å². The first kappa shape index (κ1) is 44.5. The molecule has 0 spiro atoms. The molecule has 0 radical (unpaired) electrons. The lowest BCUT2D eigenvalue weighted by Crippen LogP contribution is -2.61. The molecule has 8 atom stereocenters. The van der Waals surface area contributed by atoms with Crippen molar-refractivity contribution in [2.45, 2.75) is 107 Å². The first-order valence-electron chi connectivity index (χ1n) is 17.0. The number of aromatic nitrogens is 2. The van der Waals surface area contributed by atoms with Crippen molar-refractivity contribution in [2.24, 2.45) is 17.2 Å². The highest BCUT2D eigenvalue weighted by atomic mass is 16.4. The molecule has 1 aliphatic rings. The zero-order valence-corrected chi connectivity index (χ0v) is 29.8. The molecular formula is C31H49N11O12. The van der Waals surface area contributed by atoms with Crippen molar-refractivity contribution >= 4 is 53.2 Å². The molecule has 1 saturated heterocycles. The number of nitrogens with zero attached hydrogens (tertiary/aromatic N) is 2. The average molecular weight is 768 g/mol. The molecule has 15 N–H and O–H groups in total. The second kappa shape index (κ2) is 21.1. The van der Waals surface area contributed by atoms with Gasteiger partial charge in [0.15, 0.2) is 0 Å². The van der Waals surface area contributed by atoms with Crippen LogP contribution in [-0.2, 0) is 49.6 Å². The molecule has 0 saturated carbocycles. The van der Waals surface area contributed by atoms with E-state index >= 15 is 0 Å². The van der Waals surface area contributed by atoms with Gasteiger partial charge in [0.1, 0.15) is 36.3 Å². The van der Waals surface area contributed by atoms with E-state index in [0.29, 0.717) is 12.1 Å². The minimum atomic E-state index is -1.70. The predicted octanol–water partition coefficient (Wildman–Crippen LogP) is -6.30. The summed E-state index contributed by atoms with van der Waals surface area (Å²) in [6.07, 6.45) is -1.40. The summed E-state index contributed by atoms with van der Waals surface area (Å²) in [5.74, 6) is -8.57. The molecule has 54 heavy (non-hydrogen) atoms. The predicted molar refractivity (Wildman–Crippen MR) is 184 cm³/mol. The molecule has 8 amide bonds. The van der Waals surface area contributed by atoms with E-state index in [4.69, 9.17) is 17.2 Å². The van der Waals surface area contributed by atoms with E-state index in [1.165, 1.54) is 26.4 Å². The molecule has 1 aromatic rings. The number of carboxylic acids is 1. The summed E-state index contributed by atoms with van der Waals surface area (Å²) in [7, 11) is 0. The van der Waals surface area contributed by atoms with Crippen LogP contribution in [0.2, 0.25) is 0 Å². The zero-order valence-electron chi connectivity index (χ0n) is 29.8. The number of nitrogens with one attached hydrogen (secondary N) is 6. The van der Waals surface area contributed by atoms with E-state index in [1.54, 1.807) is 0 Å². The summed E-state index contributed by atoms with van der Waals surface area (Å²) in [4.78, 5) is 121. The Balaban J connectivity index is 2.23. The molecule has 1 aliphatic heterocycles. The number of carbonyl (C=O) groups is 9. The first-order chi connectivity index (χ1) is 25.3. The van der Waals surface area contributed by atoms with Crippen molar-refractivity contribution in [3.8, 4) is 0 Å². The van der Waals surface area contributed by atoms with Crippen LogP contribution in [0.5, 0.6) is 0 Å². The van der Waals surface area contributed by atoms with Crippen LogP contribution in [0.4, 0.5) is 0 Å². The fourth-order valence-electron chi connectivity index (χ4n) is 5.32. The van der Waals surface area contributed by atoms with E-state index < -0.39 is 121 Å². The van der Waals surface area contributed by atoms with Crippen LogP contribution >= 0.6 is 0 Å². The van der Waals surface area contributed by atoms with Gasteiger partial charge in [0.25, 0.3) is 0 Å². The maximum absolute atomic E-state index is 13.6. The van der Waals surface area contributed by atoms with Gasteiger partial charge in [0.2, 0.25) is 47.3 Å². The highest BCUT2D eigenvalue weighted by Crippen LogP contribution is 2.18. The Morgan fingerprint density at radius 3 is 1.96 bits per heavy atom. The number of imidazole rings is 1. The molecule has 1 aromatic heterocycles. The van der Waals surface area contributed by atoms with Gasteiger partial charge in [-0.25, -0.2) is 9.78 Å². The SMILES string of the molecule is C[C@@H](O)[C@H](N)C(=O)NCC(=O)N1CCC[C@H]1C(=O)N[C@H](C(=O)N[C@@H](CCC(N)=O)C(=O)N[C@@H](Cc1cnc[nH]1)C(=O)N[C@@H](CCC(N)=O)C(=O)O)[C@@H](C)O. The van der Waals surface area contributed by atoms with Crippen LogP contribution < -0.4 is 43.8 Å². The van der Waals surface area contributed by atoms with Crippen LogP contribution in [0, 0.1) is 0 Å². The number of carboxylic acid groups (broad SMARTS) is 1. The quantitative estimate of drug-likeness (QED) is 0.0522. The number of nitrogens with two attached hydrogens (primary N) is 3. The number of rotatable bonds is 22. The number of aliphatic hydroxyl groups is 2. The van der Waals surface area contributed by atoms with Gasteiger partial charge in [-0.15, -0.1) is 0 Å². The molecule has 23 heteroatoms. The van der Waals surface area contributed by atoms with Crippen LogP contribution in [0.1, 0.15) is 58.1 Å². The largest absolute Gasteiger partial charge is 0.480 e. The van der Waals surface area contributed by atoms with E-state index in [1.807, 2.05) is 0 Å². The minimum absolute atomic E-state index is 0.127. The van der Waals surface area contributed by atoms with Gasteiger partial charge in [-0.05, 0) is 39.5 Å². The highest BCUT2D eigenvalue weighted by molar-refractivity contribution is 5.97. The Morgan fingerprint density at radius 2 is 1.43 bits per heavy atom. The molecule has 23 nitrogen and oxygen atoms in total. The molecule has 300 valence electrons. The number of aliphatic hydroxyl groups excluding tert-OH is 2. The van der Waals surface area contributed by atoms with Gasteiger partial charge in [-0.3, -0.25) is 38.4 Å². The summed E-state index contributed by atoms with van der Waals surface area (Å²) < 4.78 is 0. The van der Waals surface area contributed by atoms with E-state index in [0.717, 1.165) is 4.90 Å². The van der Waals surface area contributed by atoms with Crippen molar-refractivity contribution in [2.75, 3.05) is 13.1 Å². The lowest BCUT2D eigenvalue weighted by atomic mass is 10.0. The standard InChI is InChI=1S/C31H49N11O12/c1-14(43)24(34)29(51)36-12-23(47)42-9-3-4-20(42)28(50)41-25(15(2)44)30(52)38-17(5-7-21(32)45)26(48)40-19(10-16-11-35-13-37-16)27(49)39-18(31(53)54)6-8-22(33)46/h11,13-15,17-20,24-25,43-44H,3-10,12,34H2,1-2H3,(H2,32,45)(H2,33,46)(H,35,37)(H,36,51)(H,38,52)(H,39,49)(H,40,48)(H,41,50)(H,53,54)/t14-,15-,17+,18+,19+,20+,24+,25+/m1/s1. The summed E-state index contributed by atoms with van der Waals surface area (Å²) in [6, 6.07) is -8.75. The number of hydrogen-bond donors (Lipinski definition) is 12. The molecule has 0 bridgehead atoms. The number of H-pyrrole nitrogens is 1. The number of likely N-dealkylation sites (tertiary alicyclic amines) is 1. The van der Waals surface area contributed by atoms with Crippen molar-refractivity contribution in [1.29, 1.82) is 0 Å². The van der Waals surface area contributed by atoms with Crippen molar-refractivity contribution in [3.63, 3.8) is 0 Å². The fourth-order valence-corrected chi connectivity index (χ4v) is 5.32. The molecule has 0 unspecified atom stereocenters. The lowest BCUT2D eigenvalue weighted by Gasteiger charge is -2.29. The minimum Gasteiger partial charge on any atom is -0.480 e. The maximum Gasteiger partial charge on any atom is 0.326 e. The summed E-state index contributed by atoms with van der Waals surface area (Å²) in [5, 5.41) is 41.2. The number of aliphatic carboxylic acids is 1. The number of aromatic amines is 1. The Kier molecular flexibility index (Phi) is 17.4. The van der Waals surface area contributed by atoms with Crippen LogP contribution in [0.3, 0.4) is 0 Å². The normalized spacial score (nSPS) is 17.7. The van der Waals surface area contributed by atoms with Gasteiger partial charge < -0.3 is 69.0 Å². The summed E-state index contributed by atoms with van der Waals surface area (Å²) in [6.45, 7) is 2.05. The van der Waals surface area contributed by atoms with Crippen LogP contribution in [-0.4, -0.2) is 145 Å². The van der Waals surface area contributed by atoms with Crippen LogP contribution in [0.25, 0.3) is 0 Å². The molecule has 2 rings (SSSR count). The Labute approximate surface area is 308 Å². The lowest BCUT2D eigenvalue weighted by molar-refractivity contribution is -0.142. The Hall–Kier alpha value is -5.68. The van der Waals surface area contributed by atoms with Crippen LogP contribution in [0.15, 0.2) is 12.5 Å². The third-order valence-corrected chi connectivity index (χ3v) is 8.39. The second-order valence-electron chi connectivity index (χ2n) is 12.8. The second-order valence-corrected chi connectivity index (χ2v) is 12.8. The third-order valence-electron chi connectivity index (χ3n) is 8.39. The number of hydrogen-bond acceptors (Lipinski definition) is 13. The number of primary amides is 2. The van der Waals surface area contributed by atoms with E-state index in [-0.39, 0.29) is 32.2 Å². The zero-order chi connectivity index (χ0) is 40.7. The summed E-state index contributed by atoms with van der Waals surface area (Å²) in [5.41, 5.74) is 16.3. The first-order valence-corrected chi connectivity index (χ1v) is 17.0. The summed E-state index contributed by atoms with van der Waals surface area (Å²) >= 11 is 0. The average Bonchev–Trinajstić information content (AvgIpc) is 3.81. The molecule has 0 aromatic carbocycles. The maximum atomic E-state index is 13.6. The molecule has 0 aliphatic carbocycles. The number of carbonyl (C=O) groups excluding carboxylic acids is 8. The topological polar surface area (TPSA) is 384 Å². The van der Waals surface area contributed by atoms with E-state index in [2.05, 4.69) is 36.6 Å². The van der Waals surface area contributed by atoms with Gasteiger partial charge in [-0.1, -0.05) is 0 Å². The third kappa shape index (κ3) is 14.0. The highest BCUT2D eigenvalue weighted by Gasteiger charge is 2.38. The number of amides is 8. The molecule has 1 fully saturated rings. The van der Waals surface area contributed by atoms with Crippen molar-refractivity contribution in [1.82, 2.24) is 41.5 Å². The Bertz CT molecular complexity index is 1520. The fraction of sp³-hybridized carbons (Fsp3) is 0.613. The van der Waals surface area contributed by atoms with Crippen molar-refractivity contribution in [3.05, 3.63) is 18.2 Å². The molecular weight excluding hydrogens is 718 g/mol. The monoisotopic (exact) mass is 767 g/mol. The Morgan fingerprint density at radius 1 is 0.852 bits per heavy atom. The van der Waals surface area contributed by atoms with E-state index in [9.17, 15) is 58.5 Å². The van der Waals surface area contributed by atoms with Gasteiger partial charge in [-0.2, -0.15) is 0 Å². The van der Waals surface area contributed by atoms with Gasteiger partial charge >= 0.3 is 5.97 Å². The van der Waals surface area contributed by atoms with Gasteiger partial charge in [0, 0.05) is 37.7 Å².